The van der Waals surface area contributed by atoms with Gasteiger partial charge in [-0.15, -0.1) is 0 Å². The summed E-state index contributed by atoms with van der Waals surface area (Å²) in [4.78, 5) is 31.5. The van der Waals surface area contributed by atoms with Crippen LogP contribution < -0.4 is 11.2 Å². The molecule has 0 spiro atoms. The lowest BCUT2D eigenvalue weighted by Gasteiger charge is -2.11. The van der Waals surface area contributed by atoms with E-state index in [4.69, 9.17) is 0 Å². The van der Waals surface area contributed by atoms with E-state index in [9.17, 15) is 22.8 Å². The Morgan fingerprint density at radius 2 is 1.95 bits per heavy atom. The first-order chi connectivity index (χ1) is 9.70. The van der Waals surface area contributed by atoms with Crippen LogP contribution in [-0.2, 0) is 19.8 Å². The van der Waals surface area contributed by atoms with Crippen molar-refractivity contribution in [3.05, 3.63) is 56.4 Å². The lowest BCUT2D eigenvalue weighted by Crippen LogP contribution is -2.42. The minimum atomic E-state index is -4.84. The van der Waals surface area contributed by atoms with Gasteiger partial charge in [-0.1, -0.05) is 0 Å². The SMILES string of the molecule is Cc1ccnc(Cn2c(=O)c(C(F)(F)F)cn(C)c2=O)n1. The zero-order valence-electron chi connectivity index (χ0n) is 11.2. The van der Waals surface area contributed by atoms with Gasteiger partial charge in [0, 0.05) is 25.1 Å². The number of nitrogens with zero attached hydrogens (tertiary/aromatic N) is 4. The van der Waals surface area contributed by atoms with E-state index in [1.54, 1.807) is 13.0 Å². The largest absolute Gasteiger partial charge is 0.423 e. The summed E-state index contributed by atoms with van der Waals surface area (Å²) in [7, 11) is 1.14. The third-order valence-electron chi connectivity index (χ3n) is 2.78. The average molecular weight is 300 g/mol. The molecule has 2 heterocycles. The van der Waals surface area contributed by atoms with Crippen LogP contribution in [0.4, 0.5) is 13.2 Å². The second-order valence-electron chi connectivity index (χ2n) is 4.44. The summed E-state index contributed by atoms with van der Waals surface area (Å²) in [6, 6.07) is 1.59. The molecule has 21 heavy (non-hydrogen) atoms. The van der Waals surface area contributed by atoms with Crippen LogP contribution in [0.25, 0.3) is 0 Å². The average Bonchev–Trinajstić information content (AvgIpc) is 2.37. The standard InChI is InChI=1S/C12H11F3N4O2/c1-7-3-4-16-9(17-7)6-19-10(20)8(12(13,14)15)5-18(2)11(19)21/h3-5H,6H2,1-2H3. The van der Waals surface area contributed by atoms with E-state index < -0.39 is 29.5 Å². The van der Waals surface area contributed by atoms with Crippen LogP contribution in [0.5, 0.6) is 0 Å². The van der Waals surface area contributed by atoms with Gasteiger partial charge < -0.3 is 4.57 Å². The molecule has 0 aliphatic rings. The predicted molar refractivity (Wildman–Crippen MR) is 66.8 cm³/mol. The van der Waals surface area contributed by atoms with Gasteiger partial charge in [-0.2, -0.15) is 13.2 Å². The van der Waals surface area contributed by atoms with Gasteiger partial charge in [-0.3, -0.25) is 9.36 Å². The maximum Gasteiger partial charge on any atom is 0.423 e. The molecule has 0 aliphatic heterocycles. The number of halogens is 3. The Labute approximate surface area is 116 Å². The Bertz CT molecular complexity index is 792. The predicted octanol–water partition coefficient (Wildman–Crippen LogP) is 0.713. The van der Waals surface area contributed by atoms with Gasteiger partial charge in [0.25, 0.3) is 5.56 Å². The second kappa shape index (κ2) is 5.15. The summed E-state index contributed by atoms with van der Waals surface area (Å²) in [5.74, 6) is 0.0912. The van der Waals surface area contributed by atoms with Gasteiger partial charge in [0.15, 0.2) is 0 Å². The van der Waals surface area contributed by atoms with Gasteiger partial charge in [0.1, 0.15) is 11.4 Å². The van der Waals surface area contributed by atoms with Crippen LogP contribution in [0.2, 0.25) is 0 Å². The molecule has 9 heteroatoms. The quantitative estimate of drug-likeness (QED) is 0.819. The molecule has 0 fully saturated rings. The number of hydrogen-bond donors (Lipinski definition) is 0. The molecule has 0 saturated carbocycles. The molecule has 0 unspecified atom stereocenters. The van der Waals surface area contributed by atoms with E-state index in [1.807, 2.05) is 0 Å². The summed E-state index contributed by atoms with van der Waals surface area (Å²) in [6.07, 6.45) is -2.95. The minimum Gasteiger partial charge on any atom is -0.303 e. The maximum atomic E-state index is 12.8. The van der Waals surface area contributed by atoms with Gasteiger partial charge in [0.05, 0.1) is 6.54 Å². The van der Waals surface area contributed by atoms with Crippen molar-refractivity contribution >= 4 is 0 Å². The molecule has 0 amide bonds. The molecule has 0 atom stereocenters. The molecule has 0 saturated heterocycles. The van der Waals surface area contributed by atoms with E-state index in [0.29, 0.717) is 21.0 Å². The fourth-order valence-electron chi connectivity index (χ4n) is 1.78. The normalized spacial score (nSPS) is 11.7. The highest BCUT2D eigenvalue weighted by atomic mass is 19.4. The van der Waals surface area contributed by atoms with Gasteiger partial charge in [0.2, 0.25) is 0 Å². The smallest absolute Gasteiger partial charge is 0.303 e. The molecule has 2 aromatic rings. The van der Waals surface area contributed by atoms with Crippen molar-refractivity contribution in [2.45, 2.75) is 19.6 Å². The van der Waals surface area contributed by atoms with Crippen molar-refractivity contribution < 1.29 is 13.2 Å². The van der Waals surface area contributed by atoms with Crippen LogP contribution >= 0.6 is 0 Å². The van der Waals surface area contributed by atoms with Crippen molar-refractivity contribution in [3.8, 4) is 0 Å². The topological polar surface area (TPSA) is 69.8 Å². The van der Waals surface area contributed by atoms with E-state index in [2.05, 4.69) is 9.97 Å². The first-order valence-electron chi connectivity index (χ1n) is 5.86. The summed E-state index contributed by atoms with van der Waals surface area (Å²) in [5, 5.41) is 0. The highest BCUT2D eigenvalue weighted by Crippen LogP contribution is 2.25. The number of hydrogen-bond acceptors (Lipinski definition) is 4. The third kappa shape index (κ3) is 3.01. The van der Waals surface area contributed by atoms with Crippen molar-refractivity contribution in [2.24, 2.45) is 7.05 Å². The monoisotopic (exact) mass is 300 g/mol. The van der Waals surface area contributed by atoms with Gasteiger partial charge in [-0.05, 0) is 13.0 Å². The van der Waals surface area contributed by atoms with E-state index >= 15 is 0 Å². The van der Waals surface area contributed by atoms with Crippen molar-refractivity contribution in [2.75, 3.05) is 0 Å². The number of aryl methyl sites for hydroxylation is 2. The third-order valence-corrected chi connectivity index (χ3v) is 2.78. The number of alkyl halides is 3. The summed E-state index contributed by atoms with van der Waals surface area (Å²) in [5.41, 5.74) is -3.09. The molecule has 0 N–H and O–H groups in total. The van der Waals surface area contributed by atoms with E-state index in [0.717, 1.165) is 7.05 Å². The zero-order valence-corrected chi connectivity index (χ0v) is 11.2. The van der Waals surface area contributed by atoms with E-state index in [1.165, 1.54) is 6.20 Å². The Hall–Kier alpha value is -2.45. The van der Waals surface area contributed by atoms with Crippen LogP contribution in [0, 0.1) is 6.92 Å². The molecular weight excluding hydrogens is 289 g/mol. The molecule has 0 aliphatic carbocycles. The molecular formula is C12H11F3N4O2. The lowest BCUT2D eigenvalue weighted by atomic mass is 10.3. The summed E-state index contributed by atoms with van der Waals surface area (Å²) in [6.45, 7) is 1.25. The number of aromatic nitrogens is 4. The molecule has 0 radical (unpaired) electrons. The first kappa shape index (κ1) is 14.9. The van der Waals surface area contributed by atoms with Crippen LogP contribution in [0.15, 0.2) is 28.0 Å². The Kier molecular flexibility index (Phi) is 3.67. The molecule has 6 nitrogen and oxygen atoms in total. The number of rotatable bonds is 2. The highest BCUT2D eigenvalue weighted by Gasteiger charge is 2.35. The van der Waals surface area contributed by atoms with Crippen molar-refractivity contribution in [3.63, 3.8) is 0 Å². The maximum absolute atomic E-state index is 12.8. The molecule has 2 aromatic heterocycles. The zero-order chi connectivity index (χ0) is 15.8. The summed E-state index contributed by atoms with van der Waals surface area (Å²) < 4.78 is 39.5. The van der Waals surface area contributed by atoms with Crippen molar-refractivity contribution in [1.29, 1.82) is 0 Å². The fraction of sp³-hybridized carbons (Fsp3) is 0.333. The highest BCUT2D eigenvalue weighted by molar-refractivity contribution is 5.11. The van der Waals surface area contributed by atoms with Crippen LogP contribution in [0.3, 0.4) is 0 Å². The second-order valence-corrected chi connectivity index (χ2v) is 4.44. The van der Waals surface area contributed by atoms with Crippen LogP contribution in [0.1, 0.15) is 17.1 Å². The molecule has 112 valence electrons. The Morgan fingerprint density at radius 1 is 1.29 bits per heavy atom. The van der Waals surface area contributed by atoms with E-state index in [-0.39, 0.29) is 5.82 Å². The minimum absolute atomic E-state index is 0.0912. The molecule has 0 bridgehead atoms. The first-order valence-corrected chi connectivity index (χ1v) is 5.86. The summed E-state index contributed by atoms with van der Waals surface area (Å²) >= 11 is 0. The van der Waals surface area contributed by atoms with Crippen LogP contribution in [-0.4, -0.2) is 19.1 Å². The Morgan fingerprint density at radius 3 is 2.52 bits per heavy atom. The Balaban J connectivity index is 2.61. The molecule has 2 rings (SSSR count). The lowest BCUT2D eigenvalue weighted by molar-refractivity contribution is -0.139. The van der Waals surface area contributed by atoms with Gasteiger partial charge >= 0.3 is 11.9 Å². The van der Waals surface area contributed by atoms with Gasteiger partial charge in [-0.25, -0.2) is 14.8 Å². The fourth-order valence-corrected chi connectivity index (χ4v) is 1.78. The van der Waals surface area contributed by atoms with Crippen molar-refractivity contribution in [1.82, 2.24) is 19.1 Å². The molecule has 0 aromatic carbocycles.